The highest BCUT2D eigenvalue weighted by Crippen LogP contribution is 2.27. The van der Waals surface area contributed by atoms with Gasteiger partial charge in [0, 0.05) is 23.3 Å². The fourth-order valence-corrected chi connectivity index (χ4v) is 3.29. The topological polar surface area (TPSA) is 37.4 Å². The van der Waals surface area contributed by atoms with Crippen molar-refractivity contribution in [2.24, 2.45) is 5.92 Å². The third kappa shape index (κ3) is 2.82. The van der Waals surface area contributed by atoms with Gasteiger partial charge in [-0.05, 0) is 25.7 Å². The zero-order valence-electron chi connectivity index (χ0n) is 8.03. The highest BCUT2D eigenvalue weighted by atomic mass is 35.7. The van der Waals surface area contributed by atoms with Crippen molar-refractivity contribution in [2.75, 3.05) is 6.54 Å². The van der Waals surface area contributed by atoms with Gasteiger partial charge < -0.3 is 0 Å². The summed E-state index contributed by atoms with van der Waals surface area (Å²) in [7, 11) is 1.81. The summed E-state index contributed by atoms with van der Waals surface area (Å²) >= 11 is 0. The molecule has 0 bridgehead atoms. The second-order valence-corrected chi connectivity index (χ2v) is 6.18. The number of piperidine rings is 1. The van der Waals surface area contributed by atoms with Gasteiger partial charge in [0.2, 0.25) is 0 Å². The highest BCUT2D eigenvalue weighted by molar-refractivity contribution is 8.11. The molecule has 1 heterocycles. The number of hydrogen-bond donors (Lipinski definition) is 0. The minimum atomic E-state index is -3.51. The van der Waals surface area contributed by atoms with E-state index in [4.69, 9.17) is 10.7 Å². The molecular weight excluding hydrogens is 210 g/mol. The fourth-order valence-electron chi connectivity index (χ4n) is 1.78. The molecule has 78 valence electrons. The lowest BCUT2D eigenvalue weighted by Gasteiger charge is -2.34. The Hall–Kier alpha value is 0.200. The van der Waals surface area contributed by atoms with E-state index in [-0.39, 0.29) is 6.04 Å². The SMILES string of the molecule is CCC1CCC(C)N(S(=O)(=O)Cl)C1. The number of halogens is 1. The maximum Gasteiger partial charge on any atom is 0.300 e. The van der Waals surface area contributed by atoms with Crippen molar-refractivity contribution in [3.05, 3.63) is 0 Å². The van der Waals surface area contributed by atoms with Crippen LogP contribution in [0.2, 0.25) is 0 Å². The van der Waals surface area contributed by atoms with Crippen molar-refractivity contribution < 1.29 is 8.42 Å². The van der Waals surface area contributed by atoms with Crippen LogP contribution in [0.15, 0.2) is 0 Å². The van der Waals surface area contributed by atoms with E-state index in [0.29, 0.717) is 12.5 Å². The van der Waals surface area contributed by atoms with E-state index in [9.17, 15) is 8.42 Å². The summed E-state index contributed by atoms with van der Waals surface area (Å²) in [5.74, 6) is 0.477. The van der Waals surface area contributed by atoms with Crippen LogP contribution in [0, 0.1) is 5.92 Å². The van der Waals surface area contributed by atoms with Crippen LogP contribution in [-0.2, 0) is 9.24 Å². The van der Waals surface area contributed by atoms with Crippen LogP contribution in [0.3, 0.4) is 0 Å². The summed E-state index contributed by atoms with van der Waals surface area (Å²) < 4.78 is 23.7. The maximum absolute atomic E-state index is 11.1. The molecule has 0 N–H and O–H groups in total. The second kappa shape index (κ2) is 4.15. The molecule has 1 saturated heterocycles. The van der Waals surface area contributed by atoms with Crippen molar-refractivity contribution in [3.8, 4) is 0 Å². The Morgan fingerprint density at radius 2 is 2.08 bits per heavy atom. The minimum absolute atomic E-state index is 0.0605. The molecule has 0 aromatic carbocycles. The summed E-state index contributed by atoms with van der Waals surface area (Å²) in [5, 5.41) is 0. The Bertz CT molecular complexity index is 265. The van der Waals surface area contributed by atoms with E-state index < -0.39 is 9.24 Å². The van der Waals surface area contributed by atoms with Gasteiger partial charge >= 0.3 is 0 Å². The molecule has 1 aliphatic heterocycles. The van der Waals surface area contributed by atoms with Crippen LogP contribution in [-0.4, -0.2) is 25.3 Å². The minimum Gasteiger partial charge on any atom is -0.195 e. The number of rotatable bonds is 2. The molecule has 13 heavy (non-hydrogen) atoms. The van der Waals surface area contributed by atoms with E-state index >= 15 is 0 Å². The zero-order chi connectivity index (χ0) is 10.1. The van der Waals surface area contributed by atoms with Gasteiger partial charge in [0.25, 0.3) is 9.24 Å². The van der Waals surface area contributed by atoms with Crippen molar-refractivity contribution in [2.45, 2.75) is 39.2 Å². The van der Waals surface area contributed by atoms with Crippen LogP contribution < -0.4 is 0 Å². The molecule has 0 aliphatic carbocycles. The predicted octanol–water partition coefficient (Wildman–Crippen LogP) is 1.98. The van der Waals surface area contributed by atoms with Crippen LogP contribution in [0.25, 0.3) is 0 Å². The Labute approximate surface area is 84.6 Å². The second-order valence-electron chi connectivity index (χ2n) is 3.71. The summed E-state index contributed by atoms with van der Waals surface area (Å²) in [6.45, 7) is 4.58. The Morgan fingerprint density at radius 3 is 2.54 bits per heavy atom. The molecule has 0 saturated carbocycles. The normalized spacial score (nSPS) is 31.9. The lowest BCUT2D eigenvalue weighted by Crippen LogP contribution is -2.43. The Morgan fingerprint density at radius 1 is 1.46 bits per heavy atom. The lowest BCUT2D eigenvalue weighted by molar-refractivity contribution is 0.207. The smallest absolute Gasteiger partial charge is 0.195 e. The van der Waals surface area contributed by atoms with Gasteiger partial charge in [-0.2, -0.15) is 12.7 Å². The third-order valence-electron chi connectivity index (χ3n) is 2.78. The molecule has 0 aromatic heterocycles. The average Bonchev–Trinajstić information content (AvgIpc) is 2.03. The first kappa shape index (κ1) is 11.3. The van der Waals surface area contributed by atoms with Crippen molar-refractivity contribution in [1.29, 1.82) is 0 Å². The molecule has 1 rings (SSSR count). The van der Waals surface area contributed by atoms with Gasteiger partial charge in [-0.3, -0.25) is 0 Å². The van der Waals surface area contributed by atoms with E-state index in [1.807, 2.05) is 6.92 Å². The Balaban J connectivity index is 2.71. The van der Waals surface area contributed by atoms with Crippen molar-refractivity contribution >= 4 is 19.9 Å². The van der Waals surface area contributed by atoms with E-state index in [2.05, 4.69) is 6.92 Å². The van der Waals surface area contributed by atoms with Crippen molar-refractivity contribution in [3.63, 3.8) is 0 Å². The van der Waals surface area contributed by atoms with Crippen LogP contribution >= 0.6 is 10.7 Å². The Kier molecular flexibility index (Phi) is 3.60. The van der Waals surface area contributed by atoms with Gasteiger partial charge in [-0.1, -0.05) is 13.3 Å². The number of hydrogen-bond acceptors (Lipinski definition) is 2. The van der Waals surface area contributed by atoms with Crippen LogP contribution in [0.5, 0.6) is 0 Å². The van der Waals surface area contributed by atoms with Crippen LogP contribution in [0.1, 0.15) is 33.1 Å². The molecule has 3 nitrogen and oxygen atoms in total. The summed E-state index contributed by atoms with van der Waals surface area (Å²) in [6, 6.07) is 0.0605. The molecule has 2 atom stereocenters. The molecule has 5 heteroatoms. The molecule has 2 unspecified atom stereocenters. The molecule has 0 amide bonds. The maximum atomic E-state index is 11.1. The predicted molar refractivity (Wildman–Crippen MR) is 54.0 cm³/mol. The van der Waals surface area contributed by atoms with E-state index in [1.165, 1.54) is 4.31 Å². The largest absolute Gasteiger partial charge is 0.300 e. The van der Waals surface area contributed by atoms with E-state index in [1.54, 1.807) is 0 Å². The average molecular weight is 226 g/mol. The van der Waals surface area contributed by atoms with Gasteiger partial charge in [0.1, 0.15) is 0 Å². The molecule has 0 radical (unpaired) electrons. The summed E-state index contributed by atoms with van der Waals surface area (Å²) in [6.07, 6.45) is 3.06. The van der Waals surface area contributed by atoms with Crippen molar-refractivity contribution in [1.82, 2.24) is 4.31 Å². The quantitative estimate of drug-likeness (QED) is 0.674. The third-order valence-corrected chi connectivity index (χ3v) is 4.38. The fraction of sp³-hybridized carbons (Fsp3) is 1.00. The first-order valence-corrected chi connectivity index (χ1v) is 6.93. The van der Waals surface area contributed by atoms with Gasteiger partial charge in [0.05, 0.1) is 0 Å². The standard InChI is InChI=1S/C8H16ClNO2S/c1-3-8-5-4-7(2)10(6-8)13(9,11)12/h7-8H,3-6H2,1-2H3. The summed E-state index contributed by atoms with van der Waals surface area (Å²) in [5.41, 5.74) is 0. The van der Waals surface area contributed by atoms with E-state index in [0.717, 1.165) is 19.3 Å². The molecule has 1 aliphatic rings. The van der Waals surface area contributed by atoms with Gasteiger partial charge in [0.15, 0.2) is 0 Å². The molecule has 0 spiro atoms. The monoisotopic (exact) mass is 225 g/mol. The lowest BCUT2D eigenvalue weighted by atomic mass is 9.93. The summed E-state index contributed by atoms with van der Waals surface area (Å²) in [4.78, 5) is 0. The van der Waals surface area contributed by atoms with Gasteiger partial charge in [-0.15, -0.1) is 0 Å². The van der Waals surface area contributed by atoms with Crippen LogP contribution in [0.4, 0.5) is 0 Å². The molecule has 0 aromatic rings. The zero-order valence-corrected chi connectivity index (χ0v) is 9.61. The number of nitrogens with zero attached hydrogens (tertiary/aromatic N) is 1. The first-order valence-electron chi connectivity index (χ1n) is 4.66. The molecular formula is C8H16ClNO2S. The first-order chi connectivity index (χ1) is 5.95. The molecule has 1 fully saturated rings. The van der Waals surface area contributed by atoms with Gasteiger partial charge in [-0.25, -0.2) is 0 Å². The highest BCUT2D eigenvalue weighted by Gasteiger charge is 2.31.